The van der Waals surface area contributed by atoms with Crippen molar-refractivity contribution in [1.82, 2.24) is 9.55 Å². The van der Waals surface area contributed by atoms with Gasteiger partial charge >= 0.3 is 0 Å². The van der Waals surface area contributed by atoms with Gasteiger partial charge in [-0.15, -0.1) is 11.3 Å². The van der Waals surface area contributed by atoms with Crippen LogP contribution in [0.4, 0.5) is 0 Å². The Morgan fingerprint density at radius 3 is 2.68 bits per heavy atom. The number of hydrogen-bond donors (Lipinski definition) is 0. The van der Waals surface area contributed by atoms with Gasteiger partial charge in [-0.05, 0) is 24.6 Å². The van der Waals surface area contributed by atoms with E-state index >= 15 is 0 Å². The number of carboxylic acid groups (broad SMARTS) is 1. The zero-order valence-electron chi connectivity index (χ0n) is 11.4. The topological polar surface area (TPSA) is 75.0 Å². The smallest absolute Gasteiger partial charge is 0.263 e. The lowest BCUT2D eigenvalue weighted by atomic mass is 10.1. The van der Waals surface area contributed by atoms with Crippen LogP contribution in [-0.4, -0.2) is 15.5 Å². The normalized spacial score (nSPS) is 12.5. The molecule has 0 spiro atoms. The molecule has 7 heteroatoms. The van der Waals surface area contributed by atoms with Gasteiger partial charge in [-0.1, -0.05) is 23.7 Å². The first kappa shape index (κ1) is 14.7. The van der Waals surface area contributed by atoms with Gasteiger partial charge in [0.15, 0.2) is 0 Å². The van der Waals surface area contributed by atoms with Gasteiger partial charge in [-0.3, -0.25) is 9.36 Å². The molecule has 3 aromatic rings. The van der Waals surface area contributed by atoms with E-state index in [1.807, 2.05) is 17.5 Å². The van der Waals surface area contributed by atoms with Gasteiger partial charge in [0.2, 0.25) is 0 Å². The van der Waals surface area contributed by atoms with Crippen LogP contribution in [0.5, 0.6) is 0 Å². The molecule has 0 bridgehead atoms. The summed E-state index contributed by atoms with van der Waals surface area (Å²) in [6.07, 6.45) is 1.24. The van der Waals surface area contributed by atoms with Gasteiger partial charge in [0.25, 0.3) is 5.56 Å². The molecule has 2 heterocycles. The van der Waals surface area contributed by atoms with E-state index in [2.05, 4.69) is 4.98 Å². The van der Waals surface area contributed by atoms with E-state index in [-0.39, 0.29) is 0 Å². The number of carboxylic acids is 1. The molecular formula is C15H10ClN2O3S-. The molecule has 0 N–H and O–H groups in total. The molecule has 22 heavy (non-hydrogen) atoms. The Morgan fingerprint density at radius 2 is 2.05 bits per heavy atom. The Bertz CT molecular complexity index is 915. The monoisotopic (exact) mass is 333 g/mol. The third-order valence-electron chi connectivity index (χ3n) is 3.43. The van der Waals surface area contributed by atoms with Crippen molar-refractivity contribution < 1.29 is 9.90 Å². The molecule has 1 atom stereocenters. The molecule has 0 saturated heterocycles. The Kier molecular flexibility index (Phi) is 3.72. The van der Waals surface area contributed by atoms with Crippen molar-refractivity contribution in [3.8, 4) is 11.1 Å². The van der Waals surface area contributed by atoms with E-state index in [1.165, 1.54) is 24.6 Å². The van der Waals surface area contributed by atoms with E-state index in [1.54, 1.807) is 12.1 Å². The van der Waals surface area contributed by atoms with Crippen LogP contribution in [0.1, 0.15) is 13.0 Å². The SMILES string of the molecule is C[C@H](C(=O)[O-])n1cnc2scc(-c3ccc(Cl)cc3)c2c1=O. The maximum atomic E-state index is 12.6. The van der Waals surface area contributed by atoms with Crippen LogP contribution < -0.4 is 10.7 Å². The molecule has 2 aromatic heterocycles. The first-order chi connectivity index (χ1) is 10.5. The molecule has 0 unspecified atom stereocenters. The van der Waals surface area contributed by atoms with Crippen LogP contribution in [0.25, 0.3) is 21.3 Å². The third-order valence-corrected chi connectivity index (χ3v) is 4.57. The maximum absolute atomic E-state index is 12.6. The number of aliphatic carboxylic acids is 1. The van der Waals surface area contributed by atoms with Crippen molar-refractivity contribution in [2.75, 3.05) is 0 Å². The first-order valence-electron chi connectivity index (χ1n) is 6.44. The van der Waals surface area contributed by atoms with Crippen molar-refractivity contribution >= 4 is 39.1 Å². The molecular weight excluding hydrogens is 324 g/mol. The summed E-state index contributed by atoms with van der Waals surface area (Å²) in [5.41, 5.74) is 1.15. The van der Waals surface area contributed by atoms with Crippen LogP contribution in [0.15, 0.2) is 40.8 Å². The van der Waals surface area contributed by atoms with Crippen molar-refractivity contribution in [2.24, 2.45) is 0 Å². The lowest BCUT2D eigenvalue weighted by Crippen LogP contribution is -2.36. The maximum Gasteiger partial charge on any atom is 0.263 e. The standard InChI is InChI=1S/C15H11ClN2O3S/c1-8(15(20)21)18-7-17-13-12(14(18)19)11(6-22-13)9-2-4-10(16)5-3-9/h2-8H,1H3,(H,20,21)/p-1/t8-/m1/s1. The molecule has 1 aromatic carbocycles. The second-order valence-corrected chi connectivity index (χ2v) is 6.08. The van der Waals surface area contributed by atoms with Gasteiger partial charge < -0.3 is 9.90 Å². The van der Waals surface area contributed by atoms with Crippen LogP contribution in [0.2, 0.25) is 5.02 Å². The summed E-state index contributed by atoms with van der Waals surface area (Å²) in [6, 6.07) is 6.01. The number of aromatic nitrogens is 2. The second kappa shape index (κ2) is 5.55. The summed E-state index contributed by atoms with van der Waals surface area (Å²) in [5, 5.41) is 13.8. The Morgan fingerprint density at radius 1 is 1.36 bits per heavy atom. The van der Waals surface area contributed by atoms with Gasteiger partial charge in [0, 0.05) is 16.0 Å². The van der Waals surface area contributed by atoms with Crippen LogP contribution in [0.3, 0.4) is 0 Å². The average Bonchev–Trinajstić information content (AvgIpc) is 2.92. The van der Waals surface area contributed by atoms with Crippen molar-refractivity contribution in [3.05, 3.63) is 51.3 Å². The molecule has 3 rings (SSSR count). The molecule has 0 aliphatic carbocycles. The van der Waals surface area contributed by atoms with Crippen LogP contribution >= 0.6 is 22.9 Å². The van der Waals surface area contributed by atoms with Gasteiger partial charge in [0.05, 0.1) is 23.7 Å². The lowest BCUT2D eigenvalue weighted by molar-refractivity contribution is -0.309. The number of carbonyl (C=O) groups is 1. The lowest BCUT2D eigenvalue weighted by Gasteiger charge is -2.15. The Labute approximate surface area is 134 Å². The Hall–Kier alpha value is -2.18. The summed E-state index contributed by atoms with van der Waals surface area (Å²) < 4.78 is 1.07. The number of hydrogen-bond acceptors (Lipinski definition) is 5. The molecule has 0 aliphatic heterocycles. The highest BCUT2D eigenvalue weighted by atomic mass is 35.5. The first-order valence-corrected chi connectivity index (χ1v) is 7.70. The van der Waals surface area contributed by atoms with Crippen molar-refractivity contribution in [3.63, 3.8) is 0 Å². The van der Waals surface area contributed by atoms with Crippen molar-refractivity contribution in [2.45, 2.75) is 13.0 Å². The minimum atomic E-state index is -1.33. The number of nitrogens with zero attached hydrogens (tertiary/aromatic N) is 2. The minimum absolute atomic E-state index is 0.395. The number of rotatable bonds is 3. The zero-order valence-corrected chi connectivity index (χ0v) is 13.0. The summed E-state index contributed by atoms with van der Waals surface area (Å²) in [4.78, 5) is 28.4. The molecule has 0 radical (unpaired) electrons. The van der Waals surface area contributed by atoms with E-state index in [4.69, 9.17) is 11.6 Å². The largest absolute Gasteiger partial charge is 0.548 e. The van der Waals surface area contributed by atoms with Crippen LogP contribution in [0, 0.1) is 0 Å². The fraction of sp³-hybridized carbons (Fsp3) is 0.133. The summed E-state index contributed by atoms with van der Waals surface area (Å²) in [6.45, 7) is 1.39. The minimum Gasteiger partial charge on any atom is -0.548 e. The van der Waals surface area contributed by atoms with E-state index in [0.717, 1.165) is 10.1 Å². The summed E-state index contributed by atoms with van der Waals surface area (Å²) in [7, 11) is 0. The molecule has 5 nitrogen and oxygen atoms in total. The van der Waals surface area contributed by atoms with Crippen molar-refractivity contribution in [1.29, 1.82) is 0 Å². The fourth-order valence-electron chi connectivity index (χ4n) is 2.18. The number of carbonyl (C=O) groups excluding carboxylic acids is 1. The van der Waals surface area contributed by atoms with E-state index in [9.17, 15) is 14.7 Å². The fourth-order valence-corrected chi connectivity index (χ4v) is 3.21. The van der Waals surface area contributed by atoms with E-state index < -0.39 is 17.6 Å². The van der Waals surface area contributed by atoms with Crippen LogP contribution in [-0.2, 0) is 4.79 Å². The molecule has 0 amide bonds. The summed E-state index contributed by atoms with van der Waals surface area (Å²) in [5.74, 6) is -1.33. The number of fused-ring (bicyclic) bond motifs is 1. The van der Waals surface area contributed by atoms with Gasteiger partial charge in [0.1, 0.15) is 4.83 Å². The molecule has 0 fully saturated rings. The predicted molar refractivity (Wildman–Crippen MR) is 84.0 cm³/mol. The zero-order chi connectivity index (χ0) is 15.9. The predicted octanol–water partition coefficient (Wildman–Crippen LogP) is 2.09. The Balaban J connectivity index is 2.25. The average molecular weight is 334 g/mol. The highest BCUT2D eigenvalue weighted by molar-refractivity contribution is 7.17. The highest BCUT2D eigenvalue weighted by Crippen LogP contribution is 2.31. The number of benzene rings is 1. The van der Waals surface area contributed by atoms with Gasteiger partial charge in [-0.25, -0.2) is 4.98 Å². The molecule has 0 saturated carbocycles. The number of halogens is 1. The second-order valence-electron chi connectivity index (χ2n) is 4.79. The van der Waals surface area contributed by atoms with Gasteiger partial charge in [-0.2, -0.15) is 0 Å². The quantitative estimate of drug-likeness (QED) is 0.735. The molecule has 112 valence electrons. The molecule has 0 aliphatic rings. The highest BCUT2D eigenvalue weighted by Gasteiger charge is 2.16. The number of thiophene rings is 1. The third kappa shape index (κ3) is 2.40. The summed E-state index contributed by atoms with van der Waals surface area (Å²) >= 11 is 7.21. The van der Waals surface area contributed by atoms with E-state index in [0.29, 0.717) is 20.8 Å².